The summed E-state index contributed by atoms with van der Waals surface area (Å²) >= 11 is 0. The second kappa shape index (κ2) is 4.88. The van der Waals surface area contributed by atoms with E-state index in [4.69, 9.17) is 19.3 Å². The van der Waals surface area contributed by atoms with E-state index in [0.717, 1.165) is 0 Å². The van der Waals surface area contributed by atoms with Crippen LogP contribution in [0.1, 0.15) is 6.42 Å². The molecule has 0 spiro atoms. The van der Waals surface area contributed by atoms with Gasteiger partial charge in [-0.15, -0.1) is 0 Å². The smallest absolute Gasteiger partial charge is 0.186 e. The minimum atomic E-state index is -0.786. The molecule has 0 unspecified atom stereocenters. The maximum absolute atomic E-state index is 9.59. The zero-order chi connectivity index (χ0) is 9.84. The quantitative estimate of drug-likeness (QED) is 0.605. The molecule has 0 aromatic heterocycles. The Kier molecular flexibility index (Phi) is 4.08. The van der Waals surface area contributed by atoms with Gasteiger partial charge in [-0.1, -0.05) is 0 Å². The minimum absolute atomic E-state index is 0.00762. The fourth-order valence-corrected chi connectivity index (χ4v) is 1.55. The molecule has 5 heteroatoms. The van der Waals surface area contributed by atoms with E-state index in [1.165, 1.54) is 14.2 Å². The van der Waals surface area contributed by atoms with Crippen molar-refractivity contribution in [1.82, 2.24) is 0 Å². The molecule has 0 aromatic carbocycles. The Labute approximate surface area is 77.2 Å². The molecule has 1 aliphatic heterocycles. The van der Waals surface area contributed by atoms with Gasteiger partial charge in [-0.3, -0.25) is 0 Å². The van der Waals surface area contributed by atoms with Gasteiger partial charge in [0.05, 0.1) is 6.10 Å². The van der Waals surface area contributed by atoms with Gasteiger partial charge in [-0.2, -0.15) is 0 Å². The molecule has 4 atom stereocenters. The average molecular weight is 192 g/mol. The largest absolute Gasteiger partial charge is 0.396 e. The van der Waals surface area contributed by atoms with E-state index >= 15 is 0 Å². The first-order valence-corrected chi connectivity index (χ1v) is 4.24. The van der Waals surface area contributed by atoms with Crippen molar-refractivity contribution in [2.45, 2.75) is 31.0 Å². The third-order valence-electron chi connectivity index (χ3n) is 2.21. The number of methoxy groups -OCH3 is 2. The van der Waals surface area contributed by atoms with Gasteiger partial charge in [0.15, 0.2) is 6.29 Å². The van der Waals surface area contributed by atoms with Gasteiger partial charge < -0.3 is 24.4 Å². The molecule has 0 amide bonds. The summed E-state index contributed by atoms with van der Waals surface area (Å²) in [6.07, 6.45) is -1.71. The lowest BCUT2D eigenvalue weighted by atomic mass is 10.1. The third-order valence-corrected chi connectivity index (χ3v) is 2.21. The SMILES string of the molecule is CO[C@@H]1O[C@H](CCO)[C@@H](OC)[C@H]1O. The Morgan fingerprint density at radius 1 is 1.31 bits per heavy atom. The zero-order valence-corrected chi connectivity index (χ0v) is 7.84. The molecule has 0 radical (unpaired) electrons. The molecule has 1 heterocycles. The van der Waals surface area contributed by atoms with Crippen LogP contribution in [0.3, 0.4) is 0 Å². The molecule has 13 heavy (non-hydrogen) atoms. The van der Waals surface area contributed by atoms with Crippen LogP contribution in [0.5, 0.6) is 0 Å². The summed E-state index contributed by atoms with van der Waals surface area (Å²) in [7, 11) is 2.96. The number of aliphatic hydroxyl groups excluding tert-OH is 2. The second-order valence-corrected chi connectivity index (χ2v) is 2.98. The van der Waals surface area contributed by atoms with Gasteiger partial charge in [0.25, 0.3) is 0 Å². The number of aliphatic hydroxyl groups is 2. The van der Waals surface area contributed by atoms with Crippen molar-refractivity contribution < 1.29 is 24.4 Å². The Bertz CT molecular complexity index is 151. The van der Waals surface area contributed by atoms with Crippen molar-refractivity contribution in [1.29, 1.82) is 0 Å². The Hall–Kier alpha value is -0.200. The molecular formula is C8H16O5. The number of rotatable bonds is 4. The van der Waals surface area contributed by atoms with Crippen molar-refractivity contribution in [3.8, 4) is 0 Å². The van der Waals surface area contributed by atoms with E-state index in [-0.39, 0.29) is 12.7 Å². The van der Waals surface area contributed by atoms with Gasteiger partial charge in [0.1, 0.15) is 12.2 Å². The average Bonchev–Trinajstić information content (AvgIpc) is 2.43. The number of ether oxygens (including phenoxy) is 3. The molecular weight excluding hydrogens is 176 g/mol. The fraction of sp³-hybridized carbons (Fsp3) is 1.00. The molecule has 1 aliphatic rings. The van der Waals surface area contributed by atoms with E-state index in [9.17, 15) is 5.11 Å². The van der Waals surface area contributed by atoms with E-state index in [1.807, 2.05) is 0 Å². The van der Waals surface area contributed by atoms with Crippen LogP contribution in [0, 0.1) is 0 Å². The number of hydrogen-bond donors (Lipinski definition) is 2. The Balaban J connectivity index is 2.55. The highest BCUT2D eigenvalue weighted by Crippen LogP contribution is 2.25. The number of hydrogen-bond acceptors (Lipinski definition) is 5. The van der Waals surface area contributed by atoms with Gasteiger partial charge in [0.2, 0.25) is 0 Å². The maximum Gasteiger partial charge on any atom is 0.186 e. The first kappa shape index (κ1) is 10.9. The molecule has 1 saturated heterocycles. The van der Waals surface area contributed by atoms with Crippen LogP contribution in [0.4, 0.5) is 0 Å². The summed E-state index contributed by atoms with van der Waals surface area (Å²) in [5.74, 6) is 0. The van der Waals surface area contributed by atoms with E-state index in [2.05, 4.69) is 0 Å². The van der Waals surface area contributed by atoms with Crippen LogP contribution in [0.2, 0.25) is 0 Å². The maximum atomic E-state index is 9.59. The fourth-order valence-electron chi connectivity index (χ4n) is 1.55. The van der Waals surface area contributed by atoms with Crippen molar-refractivity contribution in [3.63, 3.8) is 0 Å². The zero-order valence-electron chi connectivity index (χ0n) is 7.84. The molecule has 0 saturated carbocycles. The minimum Gasteiger partial charge on any atom is -0.396 e. The van der Waals surface area contributed by atoms with Crippen LogP contribution in [0.15, 0.2) is 0 Å². The normalized spacial score (nSPS) is 39.7. The highest BCUT2D eigenvalue weighted by molar-refractivity contribution is 4.87. The van der Waals surface area contributed by atoms with Crippen LogP contribution in [-0.4, -0.2) is 55.6 Å². The molecule has 1 fully saturated rings. The lowest BCUT2D eigenvalue weighted by molar-refractivity contribution is -0.150. The van der Waals surface area contributed by atoms with Gasteiger partial charge in [0, 0.05) is 20.8 Å². The lowest BCUT2D eigenvalue weighted by Gasteiger charge is -2.16. The predicted molar refractivity (Wildman–Crippen MR) is 44.2 cm³/mol. The van der Waals surface area contributed by atoms with Crippen LogP contribution in [-0.2, 0) is 14.2 Å². The monoisotopic (exact) mass is 192 g/mol. The second-order valence-electron chi connectivity index (χ2n) is 2.98. The summed E-state index contributed by atoms with van der Waals surface area (Å²) < 4.78 is 15.3. The first-order chi connectivity index (χ1) is 6.24. The summed E-state index contributed by atoms with van der Waals surface area (Å²) in [6.45, 7) is 0.00762. The van der Waals surface area contributed by atoms with Crippen LogP contribution >= 0.6 is 0 Å². The summed E-state index contributed by atoms with van der Waals surface area (Å²) in [5, 5.41) is 18.3. The predicted octanol–water partition coefficient (Wildman–Crippen LogP) is -0.884. The molecule has 78 valence electrons. The van der Waals surface area contributed by atoms with Gasteiger partial charge >= 0.3 is 0 Å². The van der Waals surface area contributed by atoms with Crippen LogP contribution < -0.4 is 0 Å². The van der Waals surface area contributed by atoms with Crippen LogP contribution in [0.25, 0.3) is 0 Å². The standard InChI is InChI=1S/C8H16O5/c1-11-7-5(3-4-9)13-8(12-2)6(7)10/h5-10H,3-4H2,1-2H3/t5-,6-,7-,8-/m1/s1. The highest BCUT2D eigenvalue weighted by Gasteiger charge is 2.43. The molecule has 0 aliphatic carbocycles. The summed E-state index contributed by atoms with van der Waals surface area (Å²) in [4.78, 5) is 0. The van der Waals surface area contributed by atoms with Crippen molar-refractivity contribution >= 4 is 0 Å². The molecule has 5 nitrogen and oxygen atoms in total. The Morgan fingerprint density at radius 2 is 2.00 bits per heavy atom. The van der Waals surface area contributed by atoms with Gasteiger partial charge in [-0.25, -0.2) is 0 Å². The summed E-state index contributed by atoms with van der Waals surface area (Å²) in [6, 6.07) is 0. The van der Waals surface area contributed by atoms with Crippen molar-refractivity contribution in [3.05, 3.63) is 0 Å². The molecule has 1 rings (SSSR count). The third kappa shape index (κ3) is 2.18. The molecule has 0 aromatic rings. The topological polar surface area (TPSA) is 68.2 Å². The van der Waals surface area contributed by atoms with E-state index < -0.39 is 18.5 Å². The molecule has 2 N–H and O–H groups in total. The lowest BCUT2D eigenvalue weighted by Crippen LogP contribution is -2.35. The van der Waals surface area contributed by atoms with Crippen molar-refractivity contribution in [2.24, 2.45) is 0 Å². The van der Waals surface area contributed by atoms with Crippen molar-refractivity contribution in [2.75, 3.05) is 20.8 Å². The van der Waals surface area contributed by atoms with E-state index in [1.54, 1.807) is 0 Å². The van der Waals surface area contributed by atoms with E-state index in [0.29, 0.717) is 6.42 Å². The summed E-state index contributed by atoms with van der Waals surface area (Å²) in [5.41, 5.74) is 0. The van der Waals surface area contributed by atoms with Gasteiger partial charge in [-0.05, 0) is 6.42 Å². The molecule has 0 bridgehead atoms. The Morgan fingerprint density at radius 3 is 2.46 bits per heavy atom. The first-order valence-electron chi connectivity index (χ1n) is 4.24. The highest BCUT2D eigenvalue weighted by atomic mass is 16.7.